The summed E-state index contributed by atoms with van der Waals surface area (Å²) in [6.07, 6.45) is 2.06. The summed E-state index contributed by atoms with van der Waals surface area (Å²) in [5, 5.41) is 30.6. The summed E-state index contributed by atoms with van der Waals surface area (Å²) in [6.45, 7) is 15.9. The van der Waals surface area contributed by atoms with Gasteiger partial charge in [-0.15, -0.1) is 0 Å². The third-order valence-corrected chi connectivity index (χ3v) is 9.67. The van der Waals surface area contributed by atoms with Crippen molar-refractivity contribution >= 4 is 0 Å². The minimum atomic E-state index is -0.0547. The van der Waals surface area contributed by atoms with Gasteiger partial charge in [0, 0.05) is 11.8 Å². The van der Waals surface area contributed by atoms with Gasteiger partial charge in [0.25, 0.3) is 0 Å². The minimum Gasteiger partial charge on any atom is -0.512 e. The van der Waals surface area contributed by atoms with Crippen LogP contribution in [0.3, 0.4) is 0 Å². The first-order valence-corrected chi connectivity index (χ1v) is 16.3. The molecule has 0 radical (unpaired) electrons. The van der Waals surface area contributed by atoms with Crippen LogP contribution >= 0.6 is 0 Å². The molecule has 0 amide bonds. The molecule has 5 aromatic rings. The summed E-state index contributed by atoms with van der Waals surface area (Å²) >= 11 is 0. The Kier molecular flexibility index (Phi) is 9.77. The number of allylic oxidation sites excluding steroid dienone is 4. The minimum absolute atomic E-state index is 0.0547. The SMILES string of the molecule is C/C(=C\C(C)=C(/C)O)C(C)c1ccc(-c2cccc(-c3ccc(C(c4cc(C)c(O)cc4C)c4cc(C)c(O)cc4C)cc3)c2)cc1. The van der Waals surface area contributed by atoms with Gasteiger partial charge in [0.2, 0.25) is 0 Å². The molecular weight excluding hydrogens is 576 g/mol. The molecule has 5 aromatic carbocycles. The maximum Gasteiger partial charge on any atom is 0.118 e. The van der Waals surface area contributed by atoms with Crippen molar-refractivity contribution < 1.29 is 15.3 Å². The van der Waals surface area contributed by atoms with Crippen LogP contribution < -0.4 is 0 Å². The molecule has 240 valence electrons. The Morgan fingerprint density at radius 2 is 1.00 bits per heavy atom. The predicted octanol–water partition coefficient (Wildman–Crippen LogP) is 11.7. The topological polar surface area (TPSA) is 60.7 Å². The molecule has 0 saturated heterocycles. The molecule has 3 heteroatoms. The summed E-state index contributed by atoms with van der Waals surface area (Å²) in [4.78, 5) is 0. The first kappa shape index (κ1) is 33.3. The van der Waals surface area contributed by atoms with Crippen molar-refractivity contribution in [2.24, 2.45) is 0 Å². The highest BCUT2D eigenvalue weighted by molar-refractivity contribution is 5.73. The van der Waals surface area contributed by atoms with Crippen LogP contribution in [-0.4, -0.2) is 15.3 Å². The van der Waals surface area contributed by atoms with Gasteiger partial charge in [-0.2, -0.15) is 0 Å². The van der Waals surface area contributed by atoms with Gasteiger partial charge in [0.1, 0.15) is 11.5 Å². The van der Waals surface area contributed by atoms with Crippen molar-refractivity contribution in [3.05, 3.63) is 165 Å². The van der Waals surface area contributed by atoms with Crippen molar-refractivity contribution in [2.75, 3.05) is 0 Å². The standard InChI is InChI=1S/C44H46O3/c1-26(20-27(2)33(8)45)32(7)34-12-14-35(15-13-34)38-10-9-11-39(25-38)36-16-18-37(19-17-36)44(40-21-30(5)42(46)23-28(40)3)41-22-31(6)43(47)24-29(41)4/h9-25,32,44-47H,1-8H3/b26-20+,33-27+. The molecule has 0 spiro atoms. The van der Waals surface area contributed by atoms with Crippen molar-refractivity contribution in [1.82, 2.24) is 0 Å². The normalized spacial score (nSPS) is 13.1. The Bertz CT molecular complexity index is 1910. The number of aliphatic hydroxyl groups is 1. The zero-order valence-electron chi connectivity index (χ0n) is 28.8. The smallest absolute Gasteiger partial charge is 0.118 e. The van der Waals surface area contributed by atoms with Crippen LogP contribution in [0.4, 0.5) is 0 Å². The average Bonchev–Trinajstić information content (AvgIpc) is 3.05. The molecule has 5 rings (SSSR count). The van der Waals surface area contributed by atoms with Crippen LogP contribution in [0.25, 0.3) is 22.3 Å². The van der Waals surface area contributed by atoms with Gasteiger partial charge in [-0.1, -0.05) is 97.4 Å². The lowest BCUT2D eigenvalue weighted by Crippen LogP contribution is -2.08. The number of benzene rings is 5. The van der Waals surface area contributed by atoms with E-state index in [4.69, 9.17) is 0 Å². The summed E-state index contributed by atoms with van der Waals surface area (Å²) in [7, 11) is 0. The van der Waals surface area contributed by atoms with Gasteiger partial charge in [-0.3, -0.25) is 0 Å². The highest BCUT2D eigenvalue weighted by Crippen LogP contribution is 2.40. The van der Waals surface area contributed by atoms with E-state index in [0.29, 0.717) is 17.3 Å². The number of aliphatic hydroxyl groups excluding tert-OH is 1. The van der Waals surface area contributed by atoms with E-state index in [9.17, 15) is 15.3 Å². The lowest BCUT2D eigenvalue weighted by Gasteiger charge is -2.24. The number of phenols is 2. The summed E-state index contributed by atoms with van der Waals surface area (Å²) in [5.74, 6) is 1.15. The van der Waals surface area contributed by atoms with E-state index in [-0.39, 0.29) is 11.8 Å². The fraction of sp³-hybridized carbons (Fsp3) is 0.227. The van der Waals surface area contributed by atoms with Crippen LogP contribution in [0.15, 0.2) is 120 Å². The molecule has 3 N–H and O–H groups in total. The lowest BCUT2D eigenvalue weighted by atomic mass is 9.79. The molecule has 0 aliphatic carbocycles. The van der Waals surface area contributed by atoms with Gasteiger partial charge < -0.3 is 15.3 Å². The second kappa shape index (κ2) is 13.8. The highest BCUT2D eigenvalue weighted by Gasteiger charge is 2.23. The monoisotopic (exact) mass is 622 g/mol. The van der Waals surface area contributed by atoms with E-state index in [2.05, 4.69) is 105 Å². The Labute approximate surface area is 280 Å². The van der Waals surface area contributed by atoms with E-state index >= 15 is 0 Å². The summed E-state index contributed by atoms with van der Waals surface area (Å²) in [5.41, 5.74) is 15.1. The Morgan fingerprint density at radius 1 is 0.553 bits per heavy atom. The fourth-order valence-corrected chi connectivity index (χ4v) is 6.34. The summed E-state index contributed by atoms with van der Waals surface area (Å²) < 4.78 is 0. The van der Waals surface area contributed by atoms with Gasteiger partial charge in [0.05, 0.1) is 5.76 Å². The molecule has 47 heavy (non-hydrogen) atoms. The summed E-state index contributed by atoms with van der Waals surface area (Å²) in [6, 6.07) is 34.1. The first-order valence-electron chi connectivity index (χ1n) is 16.3. The molecule has 0 aliphatic heterocycles. The van der Waals surface area contributed by atoms with Gasteiger partial charge in [0.15, 0.2) is 0 Å². The number of hydrogen-bond donors (Lipinski definition) is 3. The fourth-order valence-electron chi connectivity index (χ4n) is 6.34. The quantitative estimate of drug-likeness (QED) is 0.0916. The average molecular weight is 623 g/mol. The Morgan fingerprint density at radius 3 is 1.45 bits per heavy atom. The molecule has 0 aliphatic rings. The third kappa shape index (κ3) is 7.20. The van der Waals surface area contributed by atoms with Crippen molar-refractivity contribution in [1.29, 1.82) is 0 Å². The zero-order chi connectivity index (χ0) is 34.0. The van der Waals surface area contributed by atoms with Crippen LogP contribution in [0, 0.1) is 27.7 Å². The first-order chi connectivity index (χ1) is 22.3. The van der Waals surface area contributed by atoms with Gasteiger partial charge in [-0.25, -0.2) is 0 Å². The van der Waals surface area contributed by atoms with Gasteiger partial charge >= 0.3 is 0 Å². The van der Waals surface area contributed by atoms with E-state index in [0.717, 1.165) is 61.2 Å². The van der Waals surface area contributed by atoms with Crippen molar-refractivity contribution in [3.8, 4) is 33.8 Å². The Hall–Kier alpha value is -5.02. The number of hydrogen-bond acceptors (Lipinski definition) is 3. The van der Waals surface area contributed by atoms with E-state index in [1.54, 1.807) is 6.92 Å². The van der Waals surface area contributed by atoms with E-state index < -0.39 is 0 Å². The number of aromatic hydroxyl groups is 2. The number of aryl methyl sites for hydroxylation is 4. The predicted molar refractivity (Wildman–Crippen MR) is 197 cm³/mol. The maximum atomic E-state index is 10.4. The second-order valence-corrected chi connectivity index (χ2v) is 13.1. The molecule has 0 bridgehead atoms. The number of rotatable bonds is 8. The van der Waals surface area contributed by atoms with Crippen molar-refractivity contribution in [3.63, 3.8) is 0 Å². The van der Waals surface area contributed by atoms with Crippen LogP contribution in [0.1, 0.15) is 84.0 Å². The zero-order valence-corrected chi connectivity index (χ0v) is 28.8. The molecular formula is C44H46O3. The molecule has 0 saturated carbocycles. The van der Waals surface area contributed by atoms with Crippen LogP contribution in [-0.2, 0) is 0 Å². The van der Waals surface area contributed by atoms with Crippen LogP contribution in [0.2, 0.25) is 0 Å². The van der Waals surface area contributed by atoms with Crippen LogP contribution in [0.5, 0.6) is 11.5 Å². The van der Waals surface area contributed by atoms with Crippen molar-refractivity contribution in [2.45, 2.75) is 67.2 Å². The lowest BCUT2D eigenvalue weighted by molar-refractivity contribution is 0.409. The molecule has 0 heterocycles. The highest BCUT2D eigenvalue weighted by atomic mass is 16.3. The molecule has 3 nitrogen and oxygen atoms in total. The Balaban J connectivity index is 1.47. The molecule has 1 atom stereocenters. The molecule has 0 aromatic heterocycles. The second-order valence-electron chi connectivity index (χ2n) is 13.1. The van der Waals surface area contributed by atoms with Gasteiger partial charge in [-0.05, 0) is 139 Å². The maximum absolute atomic E-state index is 10.4. The molecule has 0 fully saturated rings. The van der Waals surface area contributed by atoms with E-state index in [1.807, 2.05) is 46.8 Å². The largest absolute Gasteiger partial charge is 0.512 e. The van der Waals surface area contributed by atoms with E-state index in [1.165, 1.54) is 16.7 Å². The molecule has 1 unspecified atom stereocenters. The number of phenolic OH excluding ortho intramolecular Hbond substituents is 2. The third-order valence-electron chi connectivity index (χ3n) is 9.67.